The zero-order chi connectivity index (χ0) is 15.1. The summed E-state index contributed by atoms with van der Waals surface area (Å²) >= 11 is 0. The molecule has 2 aromatic rings. The Morgan fingerprint density at radius 1 is 1.05 bits per heavy atom. The molecule has 0 aliphatic rings. The van der Waals surface area contributed by atoms with Gasteiger partial charge in [0.05, 0.1) is 7.11 Å². The lowest BCUT2D eigenvalue weighted by atomic mass is 9.82. The van der Waals surface area contributed by atoms with E-state index >= 15 is 0 Å². The Morgan fingerprint density at radius 3 is 2.24 bits per heavy atom. The summed E-state index contributed by atoms with van der Waals surface area (Å²) in [5.74, 6) is 1.09. The molecule has 0 saturated heterocycles. The summed E-state index contributed by atoms with van der Waals surface area (Å²) in [5.41, 5.74) is 8.29. The van der Waals surface area contributed by atoms with Crippen LogP contribution in [0.4, 0.5) is 0 Å². The molecule has 0 aliphatic carbocycles. The molecule has 112 valence electrons. The minimum Gasteiger partial charge on any atom is -0.497 e. The van der Waals surface area contributed by atoms with Gasteiger partial charge in [0.15, 0.2) is 0 Å². The second kappa shape index (κ2) is 7.81. The molecule has 0 radical (unpaired) electrons. The van der Waals surface area contributed by atoms with Gasteiger partial charge in [-0.1, -0.05) is 42.5 Å². The highest BCUT2D eigenvalue weighted by molar-refractivity contribution is 5.31. The van der Waals surface area contributed by atoms with Crippen molar-refractivity contribution in [3.05, 3.63) is 65.7 Å². The Balaban J connectivity index is 2.26. The van der Waals surface area contributed by atoms with Gasteiger partial charge >= 0.3 is 0 Å². The van der Waals surface area contributed by atoms with Crippen molar-refractivity contribution in [2.24, 2.45) is 11.7 Å². The van der Waals surface area contributed by atoms with E-state index in [2.05, 4.69) is 24.3 Å². The highest BCUT2D eigenvalue weighted by atomic mass is 16.5. The molecule has 2 rings (SSSR count). The maximum absolute atomic E-state index is 9.63. The van der Waals surface area contributed by atoms with Crippen molar-refractivity contribution in [1.82, 2.24) is 0 Å². The maximum Gasteiger partial charge on any atom is 0.118 e. The summed E-state index contributed by atoms with van der Waals surface area (Å²) in [6.45, 7) is 0.570. The van der Waals surface area contributed by atoms with Crippen molar-refractivity contribution in [2.75, 3.05) is 20.3 Å². The van der Waals surface area contributed by atoms with Crippen molar-refractivity contribution in [1.29, 1.82) is 0 Å². The number of methoxy groups -OCH3 is 1. The van der Waals surface area contributed by atoms with E-state index in [9.17, 15) is 5.11 Å². The average molecular weight is 285 g/mol. The second-order valence-corrected chi connectivity index (χ2v) is 5.25. The molecule has 3 nitrogen and oxygen atoms in total. The Morgan fingerprint density at radius 2 is 1.71 bits per heavy atom. The Kier molecular flexibility index (Phi) is 5.78. The summed E-state index contributed by atoms with van der Waals surface area (Å²) in [5, 5.41) is 9.63. The van der Waals surface area contributed by atoms with Gasteiger partial charge in [0.1, 0.15) is 5.75 Å². The van der Waals surface area contributed by atoms with Gasteiger partial charge in [-0.2, -0.15) is 0 Å². The second-order valence-electron chi connectivity index (χ2n) is 5.25. The number of ether oxygens (including phenoxy) is 1. The fraction of sp³-hybridized carbons (Fsp3) is 0.333. The Bertz CT molecular complexity index is 521. The quantitative estimate of drug-likeness (QED) is 0.822. The van der Waals surface area contributed by atoms with E-state index < -0.39 is 0 Å². The molecule has 0 amide bonds. The predicted molar refractivity (Wildman–Crippen MR) is 85.5 cm³/mol. The van der Waals surface area contributed by atoms with E-state index in [-0.39, 0.29) is 18.4 Å². The number of aliphatic hydroxyl groups excluding tert-OH is 1. The van der Waals surface area contributed by atoms with Crippen LogP contribution in [0, 0.1) is 5.92 Å². The van der Waals surface area contributed by atoms with E-state index in [1.165, 1.54) is 11.1 Å². The molecular weight excluding hydrogens is 262 g/mol. The van der Waals surface area contributed by atoms with E-state index in [0.717, 1.165) is 12.2 Å². The highest BCUT2D eigenvalue weighted by Gasteiger charge is 2.22. The summed E-state index contributed by atoms with van der Waals surface area (Å²) in [6.07, 6.45) is 0.871. The standard InChI is InChI=1S/C18H23NO2/c1-21-17-9-7-15(8-10-17)18(16(12-19)13-20)11-14-5-3-2-4-6-14/h2-10,16,18,20H,11-13,19H2,1H3. The minimum absolute atomic E-state index is 0.0543. The highest BCUT2D eigenvalue weighted by Crippen LogP contribution is 2.29. The van der Waals surface area contributed by atoms with Crippen LogP contribution in [-0.2, 0) is 6.42 Å². The minimum atomic E-state index is 0.0543. The van der Waals surface area contributed by atoms with Gasteiger partial charge in [0.2, 0.25) is 0 Å². The van der Waals surface area contributed by atoms with Crippen LogP contribution in [0.3, 0.4) is 0 Å². The van der Waals surface area contributed by atoms with E-state index in [4.69, 9.17) is 10.5 Å². The number of aliphatic hydroxyl groups is 1. The van der Waals surface area contributed by atoms with Gasteiger partial charge < -0.3 is 15.6 Å². The van der Waals surface area contributed by atoms with Gasteiger partial charge in [-0.15, -0.1) is 0 Å². The molecule has 0 aromatic heterocycles. The number of hydrogen-bond donors (Lipinski definition) is 2. The van der Waals surface area contributed by atoms with E-state index in [0.29, 0.717) is 6.54 Å². The summed E-state index contributed by atoms with van der Waals surface area (Å²) in [4.78, 5) is 0. The molecule has 0 fully saturated rings. The molecule has 0 bridgehead atoms. The van der Waals surface area contributed by atoms with E-state index in [1.807, 2.05) is 30.3 Å². The third kappa shape index (κ3) is 4.06. The zero-order valence-corrected chi connectivity index (χ0v) is 12.4. The normalized spacial score (nSPS) is 13.7. The van der Waals surface area contributed by atoms with Gasteiger partial charge in [-0.3, -0.25) is 0 Å². The first kappa shape index (κ1) is 15.5. The van der Waals surface area contributed by atoms with Crippen LogP contribution in [0.25, 0.3) is 0 Å². The molecule has 2 aromatic carbocycles. The molecule has 0 aliphatic heterocycles. The van der Waals surface area contributed by atoms with Crippen molar-refractivity contribution in [3.8, 4) is 5.75 Å². The third-order valence-corrected chi connectivity index (χ3v) is 3.95. The summed E-state index contributed by atoms with van der Waals surface area (Å²) < 4.78 is 5.21. The molecular formula is C18H23NO2. The molecule has 2 atom stereocenters. The first-order chi connectivity index (χ1) is 10.3. The molecule has 0 spiro atoms. The van der Waals surface area contributed by atoms with Crippen LogP contribution in [0.15, 0.2) is 54.6 Å². The van der Waals surface area contributed by atoms with Crippen LogP contribution >= 0.6 is 0 Å². The monoisotopic (exact) mass is 285 g/mol. The number of nitrogens with two attached hydrogens (primary N) is 1. The van der Waals surface area contributed by atoms with Crippen LogP contribution in [-0.4, -0.2) is 25.4 Å². The van der Waals surface area contributed by atoms with Gasteiger partial charge in [0, 0.05) is 12.5 Å². The van der Waals surface area contributed by atoms with Gasteiger partial charge in [-0.25, -0.2) is 0 Å². The fourth-order valence-electron chi connectivity index (χ4n) is 2.64. The van der Waals surface area contributed by atoms with Gasteiger partial charge in [0.25, 0.3) is 0 Å². The lowest BCUT2D eigenvalue weighted by molar-refractivity contribution is 0.207. The first-order valence-corrected chi connectivity index (χ1v) is 7.27. The van der Waals surface area contributed by atoms with Crippen LogP contribution in [0.2, 0.25) is 0 Å². The van der Waals surface area contributed by atoms with Crippen LogP contribution in [0.1, 0.15) is 17.0 Å². The predicted octanol–water partition coefficient (Wildman–Crippen LogP) is 2.59. The molecule has 3 heteroatoms. The molecule has 0 heterocycles. The first-order valence-electron chi connectivity index (χ1n) is 7.27. The summed E-state index contributed by atoms with van der Waals surface area (Å²) in [7, 11) is 1.66. The van der Waals surface area contributed by atoms with Gasteiger partial charge in [-0.05, 0) is 42.1 Å². The molecule has 3 N–H and O–H groups in total. The smallest absolute Gasteiger partial charge is 0.118 e. The lowest BCUT2D eigenvalue weighted by Crippen LogP contribution is -2.26. The number of benzene rings is 2. The molecule has 0 saturated carbocycles. The third-order valence-electron chi connectivity index (χ3n) is 3.95. The Labute approximate surface area is 126 Å². The molecule has 2 unspecified atom stereocenters. The number of rotatable bonds is 7. The maximum atomic E-state index is 9.63. The topological polar surface area (TPSA) is 55.5 Å². The average Bonchev–Trinajstić information content (AvgIpc) is 2.56. The Hall–Kier alpha value is -1.84. The summed E-state index contributed by atoms with van der Waals surface area (Å²) in [6, 6.07) is 18.3. The molecule has 21 heavy (non-hydrogen) atoms. The zero-order valence-electron chi connectivity index (χ0n) is 12.4. The van der Waals surface area contributed by atoms with E-state index in [1.54, 1.807) is 7.11 Å². The van der Waals surface area contributed by atoms with Crippen molar-refractivity contribution in [2.45, 2.75) is 12.3 Å². The fourth-order valence-corrected chi connectivity index (χ4v) is 2.64. The SMILES string of the molecule is COc1ccc(C(Cc2ccccc2)C(CN)CO)cc1. The lowest BCUT2D eigenvalue weighted by Gasteiger charge is -2.25. The van der Waals surface area contributed by atoms with Crippen LogP contribution < -0.4 is 10.5 Å². The largest absolute Gasteiger partial charge is 0.497 e. The van der Waals surface area contributed by atoms with Crippen molar-refractivity contribution < 1.29 is 9.84 Å². The van der Waals surface area contributed by atoms with Crippen molar-refractivity contribution in [3.63, 3.8) is 0 Å². The van der Waals surface area contributed by atoms with Crippen LogP contribution in [0.5, 0.6) is 5.75 Å². The van der Waals surface area contributed by atoms with Crippen molar-refractivity contribution >= 4 is 0 Å². The number of hydrogen-bond acceptors (Lipinski definition) is 3.